The minimum atomic E-state index is -3.83. The van der Waals surface area contributed by atoms with Crippen LogP contribution in [0.15, 0.2) is 47.4 Å². The second-order valence-corrected chi connectivity index (χ2v) is 9.16. The highest BCUT2D eigenvalue weighted by molar-refractivity contribution is 7.92. The molecule has 0 aliphatic carbocycles. The van der Waals surface area contributed by atoms with Gasteiger partial charge in [-0.2, -0.15) is 0 Å². The minimum Gasteiger partial charge on any atom is -0.484 e. The fourth-order valence-corrected chi connectivity index (χ4v) is 4.39. The van der Waals surface area contributed by atoms with Crippen molar-refractivity contribution in [2.24, 2.45) is 0 Å². The van der Waals surface area contributed by atoms with Crippen molar-refractivity contribution in [1.29, 1.82) is 0 Å². The molecule has 1 amide bonds. The maximum atomic E-state index is 13.0. The standard InChI is InChI=1S/C21H26FN3O4S/c1-15-13-19(30(27,28)24-18-5-3-16(22)4-6-18)7-8-20(15)29-14-21(26)23-17-9-11-25(2)12-10-17/h3-8,13,17,24H,9-12,14H2,1-2H3,(H,23,26). The summed E-state index contributed by atoms with van der Waals surface area (Å²) < 4.78 is 46.1. The minimum absolute atomic E-state index is 0.0486. The van der Waals surface area contributed by atoms with Gasteiger partial charge in [-0.15, -0.1) is 0 Å². The number of carbonyl (C=O) groups is 1. The number of aryl methyl sites for hydroxylation is 1. The molecule has 7 nitrogen and oxygen atoms in total. The average Bonchev–Trinajstić information content (AvgIpc) is 2.70. The Morgan fingerprint density at radius 2 is 1.83 bits per heavy atom. The van der Waals surface area contributed by atoms with E-state index in [-0.39, 0.29) is 29.1 Å². The third-order valence-corrected chi connectivity index (χ3v) is 6.37. The highest BCUT2D eigenvalue weighted by Gasteiger charge is 2.19. The molecule has 2 aromatic rings. The molecule has 0 radical (unpaired) electrons. The summed E-state index contributed by atoms with van der Waals surface area (Å²) in [6.07, 6.45) is 1.82. The van der Waals surface area contributed by atoms with Crippen LogP contribution in [0.4, 0.5) is 10.1 Å². The van der Waals surface area contributed by atoms with Crippen LogP contribution in [0.25, 0.3) is 0 Å². The van der Waals surface area contributed by atoms with E-state index >= 15 is 0 Å². The van der Waals surface area contributed by atoms with E-state index in [9.17, 15) is 17.6 Å². The second-order valence-electron chi connectivity index (χ2n) is 7.47. The summed E-state index contributed by atoms with van der Waals surface area (Å²) in [5, 5.41) is 2.97. The molecule has 0 unspecified atom stereocenters. The molecule has 0 atom stereocenters. The normalized spacial score (nSPS) is 15.6. The summed E-state index contributed by atoms with van der Waals surface area (Å²) in [7, 11) is -1.77. The van der Waals surface area contributed by atoms with E-state index < -0.39 is 15.8 Å². The van der Waals surface area contributed by atoms with Crippen LogP contribution >= 0.6 is 0 Å². The Labute approximate surface area is 176 Å². The number of nitrogens with one attached hydrogen (secondary N) is 2. The summed E-state index contributed by atoms with van der Waals surface area (Å²) in [6.45, 7) is 3.48. The molecule has 0 saturated carbocycles. The zero-order valence-corrected chi connectivity index (χ0v) is 17.8. The molecule has 1 heterocycles. The van der Waals surface area contributed by atoms with Gasteiger partial charge in [-0.25, -0.2) is 12.8 Å². The Kier molecular flexibility index (Phi) is 6.94. The van der Waals surface area contributed by atoms with Gasteiger partial charge in [0.1, 0.15) is 11.6 Å². The Morgan fingerprint density at radius 1 is 1.17 bits per heavy atom. The van der Waals surface area contributed by atoms with Crippen LogP contribution in [0.1, 0.15) is 18.4 Å². The Bertz CT molecular complexity index is 988. The van der Waals surface area contributed by atoms with Gasteiger partial charge < -0.3 is 15.0 Å². The molecule has 1 fully saturated rings. The van der Waals surface area contributed by atoms with Crippen molar-refractivity contribution in [1.82, 2.24) is 10.2 Å². The van der Waals surface area contributed by atoms with E-state index in [1.807, 2.05) is 0 Å². The fourth-order valence-electron chi connectivity index (χ4n) is 3.25. The highest BCUT2D eigenvalue weighted by atomic mass is 32.2. The van der Waals surface area contributed by atoms with Gasteiger partial charge in [-0.05, 0) is 87.9 Å². The molecule has 0 spiro atoms. The van der Waals surface area contributed by atoms with Gasteiger partial charge in [-0.3, -0.25) is 9.52 Å². The van der Waals surface area contributed by atoms with Gasteiger partial charge in [0.15, 0.2) is 6.61 Å². The first-order valence-corrected chi connectivity index (χ1v) is 11.2. The number of anilines is 1. The number of sulfonamides is 1. The number of amides is 1. The average molecular weight is 436 g/mol. The lowest BCUT2D eigenvalue weighted by Crippen LogP contribution is -2.44. The molecular formula is C21H26FN3O4S. The van der Waals surface area contributed by atoms with Gasteiger partial charge >= 0.3 is 0 Å². The molecule has 1 aliphatic rings. The molecule has 2 aromatic carbocycles. The van der Waals surface area contributed by atoms with Crippen LogP contribution in [0, 0.1) is 12.7 Å². The van der Waals surface area contributed by atoms with Gasteiger partial charge in [-0.1, -0.05) is 0 Å². The quantitative estimate of drug-likeness (QED) is 0.698. The maximum Gasteiger partial charge on any atom is 0.261 e. The lowest BCUT2D eigenvalue weighted by Gasteiger charge is -2.29. The molecule has 9 heteroatoms. The van der Waals surface area contributed by atoms with Crippen LogP contribution in [-0.4, -0.2) is 52.0 Å². The SMILES string of the molecule is Cc1cc(S(=O)(=O)Nc2ccc(F)cc2)ccc1OCC(=O)NC1CCN(C)CC1. The van der Waals surface area contributed by atoms with Crippen molar-refractivity contribution in [3.8, 4) is 5.75 Å². The predicted octanol–water partition coefficient (Wildman–Crippen LogP) is 2.52. The van der Waals surface area contributed by atoms with Crippen molar-refractivity contribution < 1.29 is 22.3 Å². The van der Waals surface area contributed by atoms with E-state index in [0.29, 0.717) is 11.3 Å². The van der Waals surface area contributed by atoms with Gasteiger partial charge in [0.05, 0.1) is 4.90 Å². The number of benzene rings is 2. The molecule has 162 valence electrons. The first kappa shape index (κ1) is 22.0. The van der Waals surface area contributed by atoms with Crippen molar-refractivity contribution in [3.05, 3.63) is 53.8 Å². The molecule has 0 aromatic heterocycles. The molecule has 1 saturated heterocycles. The van der Waals surface area contributed by atoms with E-state index in [1.54, 1.807) is 6.92 Å². The van der Waals surface area contributed by atoms with Crippen molar-refractivity contribution in [3.63, 3.8) is 0 Å². The largest absolute Gasteiger partial charge is 0.484 e. The number of carbonyl (C=O) groups excluding carboxylic acids is 1. The summed E-state index contributed by atoms with van der Waals surface area (Å²) in [5.41, 5.74) is 0.851. The summed E-state index contributed by atoms with van der Waals surface area (Å²) in [6, 6.07) is 9.60. The van der Waals surface area contributed by atoms with E-state index in [4.69, 9.17) is 4.74 Å². The third-order valence-electron chi connectivity index (χ3n) is 5.00. The Hall–Kier alpha value is -2.65. The summed E-state index contributed by atoms with van der Waals surface area (Å²) in [4.78, 5) is 14.4. The van der Waals surface area contributed by atoms with Crippen LogP contribution in [-0.2, 0) is 14.8 Å². The number of piperidine rings is 1. The predicted molar refractivity (Wildman–Crippen MR) is 113 cm³/mol. The van der Waals surface area contributed by atoms with Gasteiger partial charge in [0.2, 0.25) is 0 Å². The lowest BCUT2D eigenvalue weighted by atomic mass is 10.1. The lowest BCUT2D eigenvalue weighted by molar-refractivity contribution is -0.124. The molecule has 1 aliphatic heterocycles. The van der Waals surface area contributed by atoms with Crippen molar-refractivity contribution in [2.75, 3.05) is 31.5 Å². The fraction of sp³-hybridized carbons (Fsp3) is 0.381. The zero-order valence-electron chi connectivity index (χ0n) is 17.0. The Balaban J connectivity index is 1.57. The van der Waals surface area contributed by atoms with Crippen LogP contribution in [0.3, 0.4) is 0 Å². The van der Waals surface area contributed by atoms with Crippen LogP contribution in [0.5, 0.6) is 5.75 Å². The molecule has 0 bridgehead atoms. The molecule has 30 heavy (non-hydrogen) atoms. The highest BCUT2D eigenvalue weighted by Crippen LogP contribution is 2.23. The third kappa shape index (κ3) is 5.93. The molecule has 2 N–H and O–H groups in total. The number of nitrogens with zero attached hydrogens (tertiary/aromatic N) is 1. The number of hydrogen-bond donors (Lipinski definition) is 2. The van der Waals surface area contributed by atoms with Crippen molar-refractivity contribution in [2.45, 2.75) is 30.7 Å². The monoisotopic (exact) mass is 435 g/mol. The van der Waals surface area contributed by atoms with E-state index in [0.717, 1.165) is 25.9 Å². The number of hydrogen-bond acceptors (Lipinski definition) is 5. The zero-order chi connectivity index (χ0) is 21.7. The maximum absolute atomic E-state index is 13.0. The smallest absolute Gasteiger partial charge is 0.261 e. The Morgan fingerprint density at radius 3 is 2.47 bits per heavy atom. The number of halogens is 1. The van der Waals surface area contributed by atoms with E-state index in [2.05, 4.69) is 22.0 Å². The van der Waals surface area contributed by atoms with Gasteiger partial charge in [0, 0.05) is 11.7 Å². The number of rotatable bonds is 7. The molecule has 3 rings (SSSR count). The number of ether oxygens (including phenoxy) is 1. The summed E-state index contributed by atoms with van der Waals surface area (Å²) >= 11 is 0. The molecular weight excluding hydrogens is 409 g/mol. The number of likely N-dealkylation sites (tertiary alicyclic amines) is 1. The van der Waals surface area contributed by atoms with Crippen molar-refractivity contribution >= 4 is 21.6 Å². The van der Waals surface area contributed by atoms with Crippen LogP contribution < -0.4 is 14.8 Å². The summed E-state index contributed by atoms with van der Waals surface area (Å²) in [5.74, 6) is -0.206. The second kappa shape index (κ2) is 9.44. The topological polar surface area (TPSA) is 87.7 Å². The van der Waals surface area contributed by atoms with Gasteiger partial charge in [0.25, 0.3) is 15.9 Å². The first-order chi connectivity index (χ1) is 14.2. The van der Waals surface area contributed by atoms with Crippen LogP contribution in [0.2, 0.25) is 0 Å². The first-order valence-electron chi connectivity index (χ1n) is 9.73. The van der Waals surface area contributed by atoms with E-state index in [1.165, 1.54) is 42.5 Å².